The number of carbonyl (C=O) groups is 1. The number of nitrogens with zero attached hydrogens (tertiary/aromatic N) is 1. The van der Waals surface area contributed by atoms with Gasteiger partial charge in [-0.25, -0.2) is 0 Å². The molecule has 0 bridgehead atoms. The molecule has 1 saturated heterocycles. The van der Waals surface area contributed by atoms with E-state index in [1.165, 1.54) is 31.5 Å². The van der Waals surface area contributed by atoms with E-state index in [0.29, 0.717) is 0 Å². The average molecular weight is 308 g/mol. The maximum absolute atomic E-state index is 12.4. The average Bonchev–Trinajstić information content (AvgIpc) is 3.09. The van der Waals surface area contributed by atoms with Crippen molar-refractivity contribution in [1.82, 2.24) is 10.2 Å². The van der Waals surface area contributed by atoms with Crippen LogP contribution in [0.3, 0.4) is 0 Å². The summed E-state index contributed by atoms with van der Waals surface area (Å²) in [6.07, 6.45) is 2.61. The summed E-state index contributed by atoms with van der Waals surface area (Å²) in [6, 6.07) is 18.0. The first kappa shape index (κ1) is 15.8. The molecule has 2 aromatic carbocycles. The Kier molecular flexibility index (Phi) is 5.09. The lowest BCUT2D eigenvalue weighted by Gasteiger charge is -2.16. The summed E-state index contributed by atoms with van der Waals surface area (Å²) in [5.74, 6) is -0.0194. The maximum atomic E-state index is 12.4. The lowest BCUT2D eigenvalue weighted by molar-refractivity contribution is 0.0940. The monoisotopic (exact) mass is 308 g/mol. The molecule has 23 heavy (non-hydrogen) atoms. The van der Waals surface area contributed by atoms with Gasteiger partial charge >= 0.3 is 0 Å². The second kappa shape index (κ2) is 7.42. The van der Waals surface area contributed by atoms with E-state index in [1.54, 1.807) is 0 Å². The standard InChI is InChI=1S/C20H24N2O/c1-16(18-7-3-2-4-8-18)21-20(23)19-11-9-17(10-12-19)15-22-13-5-6-14-22/h2-4,7-12,16H,5-6,13-15H2,1H3,(H,21,23)/t16-/m1/s1. The van der Waals surface area contributed by atoms with Crippen molar-refractivity contribution in [2.45, 2.75) is 32.4 Å². The van der Waals surface area contributed by atoms with Crippen molar-refractivity contribution in [2.24, 2.45) is 0 Å². The highest BCUT2D eigenvalue weighted by molar-refractivity contribution is 5.94. The Labute approximate surface area is 138 Å². The van der Waals surface area contributed by atoms with Crippen LogP contribution in [0.15, 0.2) is 54.6 Å². The van der Waals surface area contributed by atoms with Crippen molar-refractivity contribution < 1.29 is 4.79 Å². The molecule has 1 fully saturated rings. The summed E-state index contributed by atoms with van der Waals surface area (Å²) in [4.78, 5) is 14.8. The Balaban J connectivity index is 1.59. The zero-order valence-electron chi connectivity index (χ0n) is 13.7. The van der Waals surface area contributed by atoms with Crippen LogP contribution >= 0.6 is 0 Å². The van der Waals surface area contributed by atoms with E-state index in [4.69, 9.17) is 0 Å². The van der Waals surface area contributed by atoms with Crippen LogP contribution < -0.4 is 5.32 Å². The predicted molar refractivity (Wildman–Crippen MR) is 93.3 cm³/mol. The smallest absolute Gasteiger partial charge is 0.251 e. The predicted octanol–water partition coefficient (Wildman–Crippen LogP) is 3.77. The minimum atomic E-state index is -0.0194. The number of nitrogens with one attached hydrogen (secondary N) is 1. The number of benzene rings is 2. The van der Waals surface area contributed by atoms with E-state index >= 15 is 0 Å². The maximum Gasteiger partial charge on any atom is 0.251 e. The third kappa shape index (κ3) is 4.20. The van der Waals surface area contributed by atoms with Crippen LogP contribution in [-0.2, 0) is 6.54 Å². The highest BCUT2D eigenvalue weighted by Gasteiger charge is 2.13. The molecule has 2 aromatic rings. The molecule has 0 unspecified atom stereocenters. The molecular weight excluding hydrogens is 284 g/mol. The lowest BCUT2D eigenvalue weighted by atomic mass is 10.1. The van der Waals surface area contributed by atoms with Gasteiger partial charge in [0.25, 0.3) is 5.91 Å². The first-order chi connectivity index (χ1) is 11.2. The highest BCUT2D eigenvalue weighted by Crippen LogP contribution is 2.15. The van der Waals surface area contributed by atoms with Crippen LogP contribution in [0.2, 0.25) is 0 Å². The van der Waals surface area contributed by atoms with Crippen LogP contribution in [0.5, 0.6) is 0 Å². The van der Waals surface area contributed by atoms with Crippen molar-refractivity contribution in [3.8, 4) is 0 Å². The van der Waals surface area contributed by atoms with Crippen molar-refractivity contribution in [2.75, 3.05) is 13.1 Å². The molecule has 1 heterocycles. The zero-order valence-corrected chi connectivity index (χ0v) is 13.7. The Hall–Kier alpha value is -2.13. The topological polar surface area (TPSA) is 32.3 Å². The van der Waals surface area contributed by atoms with Gasteiger partial charge in [-0.3, -0.25) is 9.69 Å². The Bertz CT molecular complexity index is 630. The molecule has 1 amide bonds. The first-order valence-corrected chi connectivity index (χ1v) is 8.39. The molecule has 3 nitrogen and oxygen atoms in total. The van der Waals surface area contributed by atoms with Crippen LogP contribution in [0.1, 0.15) is 47.3 Å². The van der Waals surface area contributed by atoms with Gasteiger partial charge in [-0.15, -0.1) is 0 Å². The summed E-state index contributed by atoms with van der Waals surface area (Å²) in [7, 11) is 0. The van der Waals surface area contributed by atoms with E-state index in [0.717, 1.165) is 17.7 Å². The fraction of sp³-hybridized carbons (Fsp3) is 0.350. The quantitative estimate of drug-likeness (QED) is 0.912. The molecule has 0 spiro atoms. The molecule has 0 aliphatic carbocycles. The van der Waals surface area contributed by atoms with Gasteiger partial charge in [0.1, 0.15) is 0 Å². The SMILES string of the molecule is C[C@@H](NC(=O)c1ccc(CN2CCCC2)cc1)c1ccccc1. The summed E-state index contributed by atoms with van der Waals surface area (Å²) < 4.78 is 0. The van der Waals surface area contributed by atoms with Gasteiger partial charge in [0.15, 0.2) is 0 Å². The van der Waals surface area contributed by atoms with Crippen molar-refractivity contribution in [3.05, 3.63) is 71.3 Å². The molecule has 3 rings (SSSR count). The molecule has 3 heteroatoms. The summed E-state index contributed by atoms with van der Waals surface area (Å²) in [5, 5.41) is 3.06. The number of hydrogen-bond acceptors (Lipinski definition) is 2. The molecule has 0 radical (unpaired) electrons. The van der Waals surface area contributed by atoms with Crippen LogP contribution in [-0.4, -0.2) is 23.9 Å². The van der Waals surface area contributed by atoms with Gasteiger partial charge in [-0.2, -0.15) is 0 Å². The van der Waals surface area contributed by atoms with Gasteiger partial charge in [0, 0.05) is 12.1 Å². The normalized spacial score (nSPS) is 16.2. The minimum absolute atomic E-state index is 0.00739. The first-order valence-electron chi connectivity index (χ1n) is 8.39. The van der Waals surface area contributed by atoms with Gasteiger partial charge in [-0.1, -0.05) is 42.5 Å². The Morgan fingerprint density at radius 3 is 2.35 bits per heavy atom. The fourth-order valence-corrected chi connectivity index (χ4v) is 3.07. The molecule has 1 N–H and O–H groups in total. The second-order valence-corrected chi connectivity index (χ2v) is 6.29. The van der Waals surface area contributed by atoms with Crippen molar-refractivity contribution in [1.29, 1.82) is 0 Å². The van der Waals surface area contributed by atoms with Crippen LogP contribution in [0, 0.1) is 0 Å². The van der Waals surface area contributed by atoms with Crippen molar-refractivity contribution >= 4 is 5.91 Å². The third-order valence-electron chi connectivity index (χ3n) is 4.47. The van der Waals surface area contributed by atoms with Gasteiger partial charge in [-0.05, 0) is 56.1 Å². The van der Waals surface area contributed by atoms with Crippen LogP contribution in [0.25, 0.3) is 0 Å². The molecule has 120 valence electrons. The molecular formula is C20H24N2O. The van der Waals surface area contributed by atoms with Gasteiger partial charge in [0.05, 0.1) is 6.04 Å². The van der Waals surface area contributed by atoms with E-state index < -0.39 is 0 Å². The molecule has 0 saturated carbocycles. The second-order valence-electron chi connectivity index (χ2n) is 6.29. The minimum Gasteiger partial charge on any atom is -0.346 e. The van der Waals surface area contributed by atoms with Crippen LogP contribution in [0.4, 0.5) is 0 Å². The lowest BCUT2D eigenvalue weighted by Crippen LogP contribution is -2.26. The number of amides is 1. The summed E-state index contributed by atoms with van der Waals surface area (Å²) in [6.45, 7) is 5.38. The number of carbonyl (C=O) groups excluding carboxylic acids is 1. The summed E-state index contributed by atoms with van der Waals surface area (Å²) in [5.41, 5.74) is 3.11. The summed E-state index contributed by atoms with van der Waals surface area (Å²) >= 11 is 0. The Morgan fingerprint density at radius 1 is 1.04 bits per heavy atom. The number of hydrogen-bond donors (Lipinski definition) is 1. The van der Waals surface area contributed by atoms with E-state index in [1.807, 2.05) is 49.4 Å². The van der Waals surface area contributed by atoms with E-state index in [9.17, 15) is 4.79 Å². The zero-order chi connectivity index (χ0) is 16.1. The van der Waals surface area contributed by atoms with Gasteiger partial charge in [0.2, 0.25) is 0 Å². The van der Waals surface area contributed by atoms with Crippen molar-refractivity contribution in [3.63, 3.8) is 0 Å². The molecule has 1 aliphatic rings. The van der Waals surface area contributed by atoms with Gasteiger partial charge < -0.3 is 5.32 Å². The molecule has 1 atom stereocenters. The Morgan fingerprint density at radius 2 is 1.70 bits per heavy atom. The highest BCUT2D eigenvalue weighted by atomic mass is 16.1. The fourth-order valence-electron chi connectivity index (χ4n) is 3.07. The third-order valence-corrected chi connectivity index (χ3v) is 4.47. The number of likely N-dealkylation sites (tertiary alicyclic amines) is 1. The largest absolute Gasteiger partial charge is 0.346 e. The molecule has 0 aromatic heterocycles. The van der Waals surface area contributed by atoms with E-state index in [-0.39, 0.29) is 11.9 Å². The van der Waals surface area contributed by atoms with E-state index in [2.05, 4.69) is 22.3 Å². The molecule has 1 aliphatic heterocycles. The number of rotatable bonds is 5.